The zero-order chi connectivity index (χ0) is 15.6. The molecule has 2 fully saturated rings. The number of hydrogen-bond acceptors (Lipinski definition) is 4. The molecule has 2 rings (SSSR count). The lowest BCUT2D eigenvalue weighted by Gasteiger charge is -2.36. The van der Waals surface area contributed by atoms with Crippen molar-refractivity contribution in [3.63, 3.8) is 0 Å². The van der Waals surface area contributed by atoms with Gasteiger partial charge in [-0.15, -0.1) is 0 Å². The normalized spacial score (nSPS) is 31.9. The van der Waals surface area contributed by atoms with Crippen LogP contribution in [0.3, 0.4) is 0 Å². The van der Waals surface area contributed by atoms with E-state index in [0.717, 1.165) is 0 Å². The Hall–Kier alpha value is -1.14. The summed E-state index contributed by atoms with van der Waals surface area (Å²) in [6.45, 7) is 3.22. The van der Waals surface area contributed by atoms with Gasteiger partial charge in [0.15, 0.2) is 0 Å². The van der Waals surface area contributed by atoms with E-state index < -0.39 is 23.4 Å². The van der Waals surface area contributed by atoms with Crippen LogP contribution in [0, 0.1) is 17.8 Å². The highest BCUT2D eigenvalue weighted by molar-refractivity contribution is 5.85. The van der Waals surface area contributed by atoms with Crippen molar-refractivity contribution in [2.45, 2.75) is 38.2 Å². The van der Waals surface area contributed by atoms with E-state index in [2.05, 4.69) is 0 Å². The lowest BCUT2D eigenvalue weighted by atomic mass is 9.91. The van der Waals surface area contributed by atoms with Crippen LogP contribution in [0.4, 0.5) is 0 Å². The van der Waals surface area contributed by atoms with Gasteiger partial charge in [-0.2, -0.15) is 0 Å². The van der Waals surface area contributed by atoms with Gasteiger partial charge in [-0.3, -0.25) is 9.59 Å². The van der Waals surface area contributed by atoms with Crippen molar-refractivity contribution in [1.82, 2.24) is 4.90 Å². The summed E-state index contributed by atoms with van der Waals surface area (Å²) in [5.41, 5.74) is -0.911. The summed E-state index contributed by atoms with van der Waals surface area (Å²) in [5, 5.41) is 19.7. The lowest BCUT2D eigenvalue weighted by Crippen LogP contribution is -2.49. The fourth-order valence-electron chi connectivity index (χ4n) is 3.55. The van der Waals surface area contributed by atoms with Gasteiger partial charge in [0.05, 0.1) is 17.4 Å². The van der Waals surface area contributed by atoms with E-state index in [4.69, 9.17) is 4.74 Å². The van der Waals surface area contributed by atoms with Crippen LogP contribution in [0.1, 0.15) is 32.6 Å². The van der Waals surface area contributed by atoms with Gasteiger partial charge in [0.25, 0.3) is 0 Å². The topological polar surface area (TPSA) is 87.1 Å². The van der Waals surface area contributed by atoms with E-state index >= 15 is 0 Å². The molecule has 3 unspecified atom stereocenters. The molecule has 120 valence electrons. The number of likely N-dealkylation sites (N-methyl/N-ethyl adjacent to an activating group) is 1. The molecule has 1 heterocycles. The number of aliphatic carboxylic acids is 1. The van der Waals surface area contributed by atoms with Gasteiger partial charge < -0.3 is 19.8 Å². The van der Waals surface area contributed by atoms with Crippen LogP contribution in [0.2, 0.25) is 0 Å². The molecule has 6 heteroatoms. The van der Waals surface area contributed by atoms with Gasteiger partial charge >= 0.3 is 5.97 Å². The molecular formula is C15H25NO5. The van der Waals surface area contributed by atoms with E-state index in [1.54, 1.807) is 7.05 Å². The van der Waals surface area contributed by atoms with E-state index in [0.29, 0.717) is 38.9 Å². The summed E-state index contributed by atoms with van der Waals surface area (Å²) in [7, 11) is 1.65. The first-order valence-corrected chi connectivity index (χ1v) is 7.60. The van der Waals surface area contributed by atoms with E-state index in [1.165, 1.54) is 4.90 Å². The fraction of sp³-hybridized carbons (Fsp3) is 0.867. The Labute approximate surface area is 125 Å². The molecule has 1 saturated heterocycles. The molecule has 1 aliphatic heterocycles. The quantitative estimate of drug-likeness (QED) is 0.799. The van der Waals surface area contributed by atoms with E-state index in [9.17, 15) is 19.8 Å². The maximum absolute atomic E-state index is 12.5. The zero-order valence-electron chi connectivity index (χ0n) is 12.7. The Morgan fingerprint density at radius 3 is 2.38 bits per heavy atom. The Morgan fingerprint density at radius 1 is 1.24 bits per heavy atom. The number of carbonyl (C=O) groups is 2. The summed E-state index contributed by atoms with van der Waals surface area (Å²) in [6.07, 6.45) is 2.18. The highest BCUT2D eigenvalue weighted by atomic mass is 16.5. The molecular weight excluding hydrogens is 274 g/mol. The predicted octanol–water partition coefficient (Wildman–Crippen LogP) is 0.733. The zero-order valence-corrected chi connectivity index (χ0v) is 12.7. The molecule has 3 atom stereocenters. The van der Waals surface area contributed by atoms with Crippen LogP contribution < -0.4 is 0 Å². The number of hydrogen-bond donors (Lipinski definition) is 2. The van der Waals surface area contributed by atoms with Crippen molar-refractivity contribution >= 4 is 11.9 Å². The molecule has 6 nitrogen and oxygen atoms in total. The largest absolute Gasteiger partial charge is 0.481 e. The molecule has 0 aromatic heterocycles. The molecule has 0 radical (unpaired) electrons. The fourth-order valence-corrected chi connectivity index (χ4v) is 3.55. The first kappa shape index (κ1) is 16.2. The highest BCUT2D eigenvalue weighted by Gasteiger charge is 2.43. The number of carboxylic acids is 1. The molecule has 1 saturated carbocycles. The summed E-state index contributed by atoms with van der Waals surface area (Å²) in [6, 6.07) is 0. The van der Waals surface area contributed by atoms with E-state index in [1.807, 2.05) is 6.92 Å². The smallest absolute Gasteiger partial charge is 0.307 e. The molecule has 21 heavy (non-hydrogen) atoms. The molecule has 1 aliphatic carbocycles. The third-order valence-corrected chi connectivity index (χ3v) is 4.76. The lowest BCUT2D eigenvalue weighted by molar-refractivity contribution is -0.150. The average Bonchev–Trinajstić information content (AvgIpc) is 2.80. The standard InChI is InChI=1S/C15H25NO5/c1-10-7-11(12(8-10)14(18)19)13(17)16(2)9-15(20)3-5-21-6-4-15/h10-12,20H,3-9H2,1-2H3,(H,18,19). The Balaban J connectivity index is 1.99. The van der Waals surface area contributed by atoms with Crippen molar-refractivity contribution in [1.29, 1.82) is 0 Å². The molecule has 0 bridgehead atoms. The van der Waals surface area contributed by atoms with Crippen LogP contribution in [0.25, 0.3) is 0 Å². The van der Waals surface area contributed by atoms with Crippen molar-refractivity contribution in [2.24, 2.45) is 17.8 Å². The number of carbonyl (C=O) groups excluding carboxylic acids is 1. The number of amides is 1. The minimum atomic E-state index is -0.911. The predicted molar refractivity (Wildman–Crippen MR) is 75.7 cm³/mol. The highest BCUT2D eigenvalue weighted by Crippen LogP contribution is 2.37. The SMILES string of the molecule is CC1CC(C(=O)O)C(C(=O)N(C)CC2(O)CCOCC2)C1. The summed E-state index contributed by atoms with van der Waals surface area (Å²) >= 11 is 0. The number of rotatable bonds is 4. The van der Waals surface area contributed by atoms with Crippen LogP contribution in [0.15, 0.2) is 0 Å². The third kappa shape index (κ3) is 3.74. The van der Waals surface area contributed by atoms with Crippen molar-refractivity contribution in [2.75, 3.05) is 26.8 Å². The van der Waals surface area contributed by atoms with Gasteiger partial charge in [0, 0.05) is 39.6 Å². The first-order valence-electron chi connectivity index (χ1n) is 7.60. The molecule has 0 spiro atoms. The van der Waals surface area contributed by atoms with Crippen LogP contribution >= 0.6 is 0 Å². The number of aliphatic hydroxyl groups is 1. The van der Waals surface area contributed by atoms with Crippen LogP contribution in [-0.4, -0.2) is 59.4 Å². The number of ether oxygens (including phenoxy) is 1. The second kappa shape index (κ2) is 6.32. The van der Waals surface area contributed by atoms with Crippen LogP contribution in [0.5, 0.6) is 0 Å². The minimum absolute atomic E-state index is 0.160. The molecule has 0 aromatic carbocycles. The van der Waals surface area contributed by atoms with Gasteiger partial charge in [0.1, 0.15) is 0 Å². The van der Waals surface area contributed by atoms with Crippen molar-refractivity contribution in [3.05, 3.63) is 0 Å². The molecule has 1 amide bonds. The molecule has 0 aromatic rings. The average molecular weight is 299 g/mol. The molecule has 2 N–H and O–H groups in total. The third-order valence-electron chi connectivity index (χ3n) is 4.76. The van der Waals surface area contributed by atoms with E-state index in [-0.39, 0.29) is 18.4 Å². The minimum Gasteiger partial charge on any atom is -0.481 e. The maximum atomic E-state index is 12.5. The second-order valence-electron chi connectivity index (χ2n) is 6.66. The van der Waals surface area contributed by atoms with Gasteiger partial charge in [-0.1, -0.05) is 6.92 Å². The van der Waals surface area contributed by atoms with Crippen LogP contribution in [-0.2, 0) is 14.3 Å². The summed E-state index contributed by atoms with van der Waals surface area (Å²) in [4.78, 5) is 25.3. The number of carboxylic acid groups (broad SMARTS) is 1. The Kier molecular flexibility index (Phi) is 4.88. The van der Waals surface area contributed by atoms with Gasteiger partial charge in [-0.25, -0.2) is 0 Å². The maximum Gasteiger partial charge on any atom is 0.307 e. The number of nitrogens with zero attached hydrogens (tertiary/aromatic N) is 1. The summed E-state index contributed by atoms with van der Waals surface area (Å²) < 4.78 is 5.23. The summed E-state index contributed by atoms with van der Waals surface area (Å²) in [5.74, 6) is -1.87. The van der Waals surface area contributed by atoms with Gasteiger partial charge in [0.2, 0.25) is 5.91 Å². The monoisotopic (exact) mass is 299 g/mol. The first-order chi connectivity index (χ1) is 9.82. The van der Waals surface area contributed by atoms with Crippen molar-refractivity contribution in [3.8, 4) is 0 Å². The Morgan fingerprint density at radius 2 is 1.81 bits per heavy atom. The van der Waals surface area contributed by atoms with Gasteiger partial charge in [-0.05, 0) is 18.8 Å². The van der Waals surface area contributed by atoms with Crippen molar-refractivity contribution < 1.29 is 24.5 Å². The Bertz CT molecular complexity index is 405. The molecule has 2 aliphatic rings. The second-order valence-corrected chi connectivity index (χ2v) is 6.66.